The maximum absolute atomic E-state index is 14.4. The van der Waals surface area contributed by atoms with Crippen molar-refractivity contribution in [2.75, 3.05) is 13.2 Å². The van der Waals surface area contributed by atoms with Crippen LogP contribution in [0.3, 0.4) is 0 Å². The molecule has 0 saturated heterocycles. The van der Waals surface area contributed by atoms with Crippen molar-refractivity contribution in [1.29, 1.82) is 0 Å². The summed E-state index contributed by atoms with van der Waals surface area (Å²) < 4.78 is 91.6. The number of esters is 1. The lowest BCUT2D eigenvalue weighted by Gasteiger charge is -2.39. The molecule has 2 unspecified atom stereocenters. The van der Waals surface area contributed by atoms with Crippen molar-refractivity contribution < 1.29 is 40.6 Å². The van der Waals surface area contributed by atoms with Gasteiger partial charge in [-0.1, -0.05) is 41.9 Å². The second kappa shape index (κ2) is 10.5. The van der Waals surface area contributed by atoms with E-state index in [4.69, 9.17) is 21.1 Å². The Morgan fingerprint density at radius 2 is 1.76 bits per heavy atom. The Balaban J connectivity index is 2.11. The van der Waals surface area contributed by atoms with Gasteiger partial charge in [0.25, 0.3) is 0 Å². The van der Waals surface area contributed by atoms with Gasteiger partial charge in [-0.3, -0.25) is 4.79 Å². The lowest BCUT2D eigenvalue weighted by molar-refractivity contribution is -0.153. The van der Waals surface area contributed by atoms with Crippen LogP contribution < -0.4 is 4.74 Å². The normalized spacial score (nSPS) is 18.4. The van der Waals surface area contributed by atoms with Crippen LogP contribution >= 0.6 is 11.6 Å². The molecule has 0 spiro atoms. The molecule has 10 heteroatoms. The Labute approximate surface area is 198 Å². The summed E-state index contributed by atoms with van der Waals surface area (Å²) in [5.74, 6) is -1.86. The van der Waals surface area contributed by atoms with E-state index in [2.05, 4.69) is 0 Å². The predicted molar refractivity (Wildman–Crippen MR) is 115 cm³/mol. The molecule has 0 aliphatic heterocycles. The van der Waals surface area contributed by atoms with Gasteiger partial charge in [-0.25, -0.2) is 0 Å². The van der Waals surface area contributed by atoms with E-state index in [1.807, 2.05) is 0 Å². The van der Waals surface area contributed by atoms with E-state index >= 15 is 0 Å². The van der Waals surface area contributed by atoms with Gasteiger partial charge in [0, 0.05) is 12.0 Å². The van der Waals surface area contributed by atoms with Crippen LogP contribution in [-0.2, 0) is 15.7 Å². The fourth-order valence-electron chi connectivity index (χ4n) is 4.29. The second-order valence-corrected chi connectivity index (χ2v) is 8.49. The number of alkyl halides is 6. The Morgan fingerprint density at radius 1 is 1.09 bits per heavy atom. The number of hydrogen-bond donors (Lipinski definition) is 0. The predicted octanol–water partition coefficient (Wildman–Crippen LogP) is 7.80. The molecule has 186 valence electrons. The molecule has 1 fully saturated rings. The second-order valence-electron chi connectivity index (χ2n) is 8.08. The van der Waals surface area contributed by atoms with Crippen LogP contribution in [0.5, 0.6) is 5.75 Å². The van der Waals surface area contributed by atoms with E-state index in [9.17, 15) is 31.1 Å². The van der Waals surface area contributed by atoms with Gasteiger partial charge < -0.3 is 9.47 Å². The van der Waals surface area contributed by atoms with Crippen LogP contribution in [0.15, 0.2) is 36.4 Å². The monoisotopic (exact) mass is 508 g/mol. The molecule has 0 aromatic heterocycles. The molecule has 2 aromatic rings. The summed E-state index contributed by atoms with van der Waals surface area (Å²) in [4.78, 5) is 11.7. The number of carbonyl (C=O) groups excluding carboxylic acids is 1. The molecule has 1 aliphatic carbocycles. The molecule has 0 N–H and O–H groups in total. The first-order valence-corrected chi connectivity index (χ1v) is 11.1. The Bertz CT molecular complexity index is 1000. The van der Waals surface area contributed by atoms with Gasteiger partial charge in [0.15, 0.2) is 6.61 Å². The fraction of sp³-hybridized carbons (Fsp3) is 0.458. The molecule has 34 heavy (non-hydrogen) atoms. The standard InChI is InChI=1S/C24H23ClF6O3/c1-2-33-19(32)11-9-14-8-10-16(14)17-12-18(25)22(34-13-23(26,27)28)20(21(17)24(29,30)31)15-6-4-3-5-7-15/h3-7,12,14,16H,2,8-11,13H2,1H3. The summed E-state index contributed by atoms with van der Waals surface area (Å²) in [7, 11) is 0. The first kappa shape index (κ1) is 26.2. The number of halogens is 7. The zero-order valence-electron chi connectivity index (χ0n) is 18.2. The zero-order valence-corrected chi connectivity index (χ0v) is 19.0. The number of carbonyl (C=O) groups is 1. The molecule has 1 saturated carbocycles. The van der Waals surface area contributed by atoms with E-state index in [0.717, 1.165) is 6.07 Å². The van der Waals surface area contributed by atoms with Gasteiger partial charge >= 0.3 is 18.3 Å². The Morgan fingerprint density at radius 3 is 2.29 bits per heavy atom. The molecule has 1 aliphatic rings. The van der Waals surface area contributed by atoms with Crippen LogP contribution in [0.2, 0.25) is 5.02 Å². The largest absolute Gasteiger partial charge is 0.482 e. The average Bonchev–Trinajstić information content (AvgIpc) is 2.71. The average molecular weight is 509 g/mol. The lowest BCUT2D eigenvalue weighted by Crippen LogP contribution is -2.28. The van der Waals surface area contributed by atoms with E-state index in [-0.39, 0.29) is 35.1 Å². The van der Waals surface area contributed by atoms with Gasteiger partial charge in [0.1, 0.15) is 5.75 Å². The van der Waals surface area contributed by atoms with Crippen LogP contribution in [0.4, 0.5) is 26.3 Å². The zero-order chi connectivity index (χ0) is 25.1. The molecular weight excluding hydrogens is 486 g/mol. The van der Waals surface area contributed by atoms with Crippen LogP contribution in [0.1, 0.15) is 49.7 Å². The SMILES string of the molecule is CCOC(=O)CCC1CCC1c1cc(Cl)c(OCC(F)(F)F)c(-c2ccccc2)c1C(F)(F)F. The smallest absolute Gasteiger partial charge is 0.422 e. The van der Waals surface area contributed by atoms with E-state index in [1.165, 1.54) is 24.3 Å². The summed E-state index contributed by atoms with van der Waals surface area (Å²) in [6, 6.07) is 8.33. The molecule has 0 bridgehead atoms. The molecular formula is C24H23ClF6O3. The third kappa shape index (κ3) is 6.17. The quantitative estimate of drug-likeness (QED) is 0.269. The van der Waals surface area contributed by atoms with Crippen LogP contribution in [0, 0.1) is 5.92 Å². The number of benzene rings is 2. The van der Waals surface area contributed by atoms with Gasteiger partial charge in [0.2, 0.25) is 0 Å². The third-order valence-electron chi connectivity index (χ3n) is 5.83. The summed E-state index contributed by atoms with van der Waals surface area (Å²) in [6.07, 6.45) is -8.19. The molecule has 3 rings (SSSR count). The molecule has 2 atom stereocenters. The minimum atomic E-state index is -4.89. The molecule has 0 amide bonds. The number of rotatable bonds is 8. The summed E-state index contributed by atoms with van der Waals surface area (Å²) in [6.45, 7) is 0.0879. The summed E-state index contributed by atoms with van der Waals surface area (Å²) >= 11 is 6.24. The molecule has 0 radical (unpaired) electrons. The van der Waals surface area contributed by atoms with E-state index in [1.54, 1.807) is 13.0 Å². The molecule has 0 heterocycles. The molecule has 2 aromatic carbocycles. The van der Waals surface area contributed by atoms with Gasteiger partial charge in [-0.2, -0.15) is 26.3 Å². The minimum absolute atomic E-state index is 0.0400. The summed E-state index contributed by atoms with van der Waals surface area (Å²) in [5.41, 5.74) is -1.64. The van der Waals surface area contributed by atoms with Crippen molar-refractivity contribution in [3.05, 3.63) is 52.5 Å². The van der Waals surface area contributed by atoms with Crippen molar-refractivity contribution >= 4 is 17.6 Å². The first-order chi connectivity index (χ1) is 15.9. The van der Waals surface area contributed by atoms with Gasteiger partial charge in [-0.15, -0.1) is 0 Å². The highest BCUT2D eigenvalue weighted by molar-refractivity contribution is 6.32. The highest BCUT2D eigenvalue weighted by Gasteiger charge is 2.44. The maximum atomic E-state index is 14.4. The first-order valence-electron chi connectivity index (χ1n) is 10.8. The van der Waals surface area contributed by atoms with Crippen molar-refractivity contribution in [3.8, 4) is 16.9 Å². The van der Waals surface area contributed by atoms with Crippen molar-refractivity contribution in [2.24, 2.45) is 5.92 Å². The lowest BCUT2D eigenvalue weighted by atomic mass is 9.66. The van der Waals surface area contributed by atoms with Gasteiger partial charge in [-0.05, 0) is 55.2 Å². The van der Waals surface area contributed by atoms with Gasteiger partial charge in [0.05, 0.1) is 17.2 Å². The van der Waals surface area contributed by atoms with Crippen molar-refractivity contribution in [1.82, 2.24) is 0 Å². The summed E-state index contributed by atoms with van der Waals surface area (Å²) in [5, 5.41) is -0.331. The Kier molecular flexibility index (Phi) is 8.06. The number of ether oxygens (including phenoxy) is 2. The highest BCUT2D eigenvalue weighted by Crippen LogP contribution is 2.54. The highest BCUT2D eigenvalue weighted by atomic mass is 35.5. The third-order valence-corrected chi connectivity index (χ3v) is 6.11. The fourth-order valence-corrected chi connectivity index (χ4v) is 4.55. The van der Waals surface area contributed by atoms with E-state index in [0.29, 0.717) is 19.3 Å². The maximum Gasteiger partial charge on any atom is 0.422 e. The van der Waals surface area contributed by atoms with Crippen LogP contribution in [0.25, 0.3) is 11.1 Å². The van der Waals surface area contributed by atoms with Crippen LogP contribution in [-0.4, -0.2) is 25.4 Å². The topological polar surface area (TPSA) is 35.5 Å². The molecule has 3 nitrogen and oxygen atoms in total. The number of hydrogen-bond acceptors (Lipinski definition) is 3. The Hall–Kier alpha value is -2.42. The van der Waals surface area contributed by atoms with Crippen molar-refractivity contribution in [2.45, 2.75) is 50.9 Å². The van der Waals surface area contributed by atoms with Crippen molar-refractivity contribution in [3.63, 3.8) is 0 Å². The minimum Gasteiger partial charge on any atom is -0.482 e. The van der Waals surface area contributed by atoms with E-state index < -0.39 is 47.7 Å².